The molecule has 1 N–H and O–H groups in total. The fraction of sp³-hybridized carbons (Fsp3) is 0.0952. The second-order valence-corrected chi connectivity index (χ2v) is 7.87. The number of halogens is 1. The Morgan fingerprint density at radius 3 is 2.63 bits per heavy atom. The van der Waals surface area contributed by atoms with Gasteiger partial charge in [0.25, 0.3) is 5.91 Å². The molecule has 134 valence electrons. The van der Waals surface area contributed by atoms with Gasteiger partial charge in [-0.15, -0.1) is 11.3 Å². The Balaban J connectivity index is 1.74. The van der Waals surface area contributed by atoms with Gasteiger partial charge in [0.15, 0.2) is 0 Å². The summed E-state index contributed by atoms with van der Waals surface area (Å²) in [5.74, 6) is -0.137. The summed E-state index contributed by atoms with van der Waals surface area (Å²) in [4.78, 5) is 22.7. The van der Waals surface area contributed by atoms with E-state index in [9.17, 15) is 4.79 Å². The van der Waals surface area contributed by atoms with Crippen molar-refractivity contribution in [3.63, 3.8) is 0 Å². The van der Waals surface area contributed by atoms with E-state index in [1.54, 1.807) is 12.4 Å². The van der Waals surface area contributed by atoms with Crippen molar-refractivity contribution in [1.82, 2.24) is 15.3 Å². The Bertz CT molecular complexity index is 1110. The summed E-state index contributed by atoms with van der Waals surface area (Å²) >= 11 is 7.52. The summed E-state index contributed by atoms with van der Waals surface area (Å²) in [6.45, 7) is 1.95. The summed E-state index contributed by atoms with van der Waals surface area (Å²) in [5.41, 5.74) is 3.12. The van der Waals surface area contributed by atoms with Crippen molar-refractivity contribution in [3.05, 3.63) is 82.5 Å². The molecule has 0 aliphatic rings. The minimum Gasteiger partial charge on any atom is -0.345 e. The third-order valence-electron chi connectivity index (χ3n) is 4.34. The van der Waals surface area contributed by atoms with Gasteiger partial charge in [0.05, 0.1) is 32.0 Å². The highest BCUT2D eigenvalue weighted by Gasteiger charge is 2.17. The molecule has 3 heterocycles. The molecule has 4 nitrogen and oxygen atoms in total. The molecule has 1 aromatic carbocycles. The summed E-state index contributed by atoms with van der Waals surface area (Å²) in [6, 6.07) is 16.9. The number of carbonyl (C=O) groups is 1. The molecule has 4 aromatic rings. The molecule has 6 heteroatoms. The first-order chi connectivity index (χ1) is 13.1. The smallest absolute Gasteiger partial charge is 0.252 e. The van der Waals surface area contributed by atoms with Crippen molar-refractivity contribution in [2.45, 2.75) is 13.0 Å². The predicted octanol–water partition coefficient (Wildman–Crippen LogP) is 5.50. The number of rotatable bonds is 4. The lowest BCUT2D eigenvalue weighted by atomic mass is 10.0. The van der Waals surface area contributed by atoms with E-state index in [1.807, 2.05) is 61.5 Å². The third kappa shape index (κ3) is 3.70. The molecule has 27 heavy (non-hydrogen) atoms. The number of hydrogen-bond acceptors (Lipinski definition) is 4. The molecule has 0 bridgehead atoms. The Kier molecular flexibility index (Phi) is 4.88. The second-order valence-electron chi connectivity index (χ2n) is 6.15. The van der Waals surface area contributed by atoms with E-state index in [1.165, 1.54) is 11.3 Å². The molecular weight excluding hydrogens is 378 g/mol. The zero-order valence-corrected chi connectivity index (χ0v) is 16.1. The van der Waals surface area contributed by atoms with Crippen LogP contribution >= 0.6 is 22.9 Å². The number of hydrogen-bond donors (Lipinski definition) is 1. The molecule has 1 atom stereocenters. The summed E-state index contributed by atoms with van der Waals surface area (Å²) < 4.78 is 0.692. The third-order valence-corrected chi connectivity index (χ3v) is 5.59. The molecule has 0 aliphatic heterocycles. The van der Waals surface area contributed by atoms with Crippen LogP contribution in [0.15, 0.2) is 67.0 Å². The highest BCUT2D eigenvalue weighted by molar-refractivity contribution is 7.19. The first-order valence-corrected chi connectivity index (χ1v) is 9.67. The van der Waals surface area contributed by atoms with Crippen molar-refractivity contribution in [2.24, 2.45) is 0 Å². The topological polar surface area (TPSA) is 54.9 Å². The van der Waals surface area contributed by atoms with Gasteiger partial charge in [-0.05, 0) is 48.9 Å². The monoisotopic (exact) mass is 393 g/mol. The van der Waals surface area contributed by atoms with Crippen LogP contribution in [0.4, 0.5) is 0 Å². The van der Waals surface area contributed by atoms with E-state index >= 15 is 0 Å². The Morgan fingerprint density at radius 2 is 1.89 bits per heavy atom. The lowest BCUT2D eigenvalue weighted by Crippen LogP contribution is -2.27. The van der Waals surface area contributed by atoms with Crippen LogP contribution in [-0.2, 0) is 0 Å². The average molecular weight is 394 g/mol. The van der Waals surface area contributed by atoms with Gasteiger partial charge in [0.2, 0.25) is 0 Å². The largest absolute Gasteiger partial charge is 0.345 e. The second kappa shape index (κ2) is 7.47. The number of benzene rings is 1. The molecule has 0 saturated carbocycles. The number of pyridine rings is 2. The number of para-hydroxylation sites is 1. The van der Waals surface area contributed by atoms with Crippen molar-refractivity contribution in [3.8, 4) is 10.6 Å². The number of fused-ring (bicyclic) bond motifs is 1. The van der Waals surface area contributed by atoms with Gasteiger partial charge in [-0.2, -0.15) is 0 Å². The molecule has 1 amide bonds. The number of carbonyl (C=O) groups excluding carboxylic acids is 1. The maximum absolute atomic E-state index is 13.1. The van der Waals surface area contributed by atoms with Gasteiger partial charge in [-0.1, -0.05) is 29.8 Å². The van der Waals surface area contributed by atoms with E-state index < -0.39 is 0 Å². The van der Waals surface area contributed by atoms with Crippen molar-refractivity contribution in [2.75, 3.05) is 0 Å². The average Bonchev–Trinajstić information content (AvgIpc) is 3.14. The SMILES string of the molecule is C[C@H](NC(=O)c1cc(-c2ccc(Cl)s2)nc2ccccc12)c1ccncc1. The fourth-order valence-electron chi connectivity index (χ4n) is 2.95. The molecule has 0 radical (unpaired) electrons. The normalized spacial score (nSPS) is 12.1. The van der Waals surface area contributed by atoms with Crippen LogP contribution in [0.5, 0.6) is 0 Å². The lowest BCUT2D eigenvalue weighted by molar-refractivity contribution is 0.0941. The first-order valence-electron chi connectivity index (χ1n) is 8.48. The predicted molar refractivity (Wildman–Crippen MR) is 110 cm³/mol. The van der Waals surface area contributed by atoms with Crippen LogP contribution in [0, 0.1) is 0 Å². The maximum Gasteiger partial charge on any atom is 0.252 e. The number of thiophene rings is 1. The zero-order chi connectivity index (χ0) is 18.8. The van der Waals surface area contributed by atoms with Gasteiger partial charge in [-0.25, -0.2) is 4.98 Å². The van der Waals surface area contributed by atoms with Crippen molar-refractivity contribution >= 4 is 39.7 Å². The van der Waals surface area contributed by atoms with Crippen molar-refractivity contribution < 1.29 is 4.79 Å². The van der Waals surface area contributed by atoms with E-state index in [2.05, 4.69) is 10.3 Å². The van der Waals surface area contributed by atoms with Crippen LogP contribution in [0.1, 0.15) is 28.9 Å². The number of amides is 1. The molecule has 0 saturated heterocycles. The van der Waals surface area contributed by atoms with Crippen LogP contribution in [0.2, 0.25) is 4.34 Å². The van der Waals surface area contributed by atoms with Gasteiger partial charge in [0.1, 0.15) is 0 Å². The van der Waals surface area contributed by atoms with Gasteiger partial charge < -0.3 is 5.32 Å². The van der Waals surface area contributed by atoms with E-state index in [0.717, 1.165) is 27.0 Å². The van der Waals surface area contributed by atoms with Gasteiger partial charge >= 0.3 is 0 Å². The molecule has 0 unspecified atom stereocenters. The van der Waals surface area contributed by atoms with E-state index in [4.69, 9.17) is 16.6 Å². The number of nitrogens with zero attached hydrogens (tertiary/aromatic N) is 2. The Labute approximate surface area is 165 Å². The minimum absolute atomic E-state index is 0.132. The molecule has 0 aliphatic carbocycles. The molecule has 3 aromatic heterocycles. The maximum atomic E-state index is 13.1. The summed E-state index contributed by atoms with van der Waals surface area (Å²) in [5, 5.41) is 3.89. The summed E-state index contributed by atoms with van der Waals surface area (Å²) in [7, 11) is 0. The van der Waals surface area contributed by atoms with Crippen molar-refractivity contribution in [1.29, 1.82) is 0 Å². The Morgan fingerprint density at radius 1 is 1.11 bits per heavy atom. The number of aromatic nitrogens is 2. The minimum atomic E-state index is -0.137. The Hall–Kier alpha value is -2.76. The zero-order valence-electron chi connectivity index (χ0n) is 14.5. The van der Waals surface area contributed by atoms with Gasteiger partial charge in [-0.3, -0.25) is 9.78 Å². The molecule has 0 spiro atoms. The lowest BCUT2D eigenvalue weighted by Gasteiger charge is -2.15. The van der Waals surface area contributed by atoms with Crippen LogP contribution in [0.25, 0.3) is 21.5 Å². The molecular formula is C21H16ClN3OS. The van der Waals surface area contributed by atoms with Crippen LogP contribution < -0.4 is 5.32 Å². The fourth-order valence-corrected chi connectivity index (χ4v) is 3.96. The van der Waals surface area contributed by atoms with E-state index in [-0.39, 0.29) is 11.9 Å². The molecule has 0 fully saturated rings. The highest BCUT2D eigenvalue weighted by atomic mass is 35.5. The van der Waals surface area contributed by atoms with E-state index in [0.29, 0.717) is 9.90 Å². The highest BCUT2D eigenvalue weighted by Crippen LogP contribution is 2.32. The quantitative estimate of drug-likeness (QED) is 0.497. The standard InChI is InChI=1S/C21H16ClN3OS/c1-13(14-8-10-23-11-9-14)24-21(26)16-12-18(19-6-7-20(22)27-19)25-17-5-3-2-4-15(16)17/h2-13H,1H3,(H,24,26)/t13-/m0/s1. The van der Waals surface area contributed by atoms with Crippen LogP contribution in [0.3, 0.4) is 0 Å². The van der Waals surface area contributed by atoms with Crippen LogP contribution in [-0.4, -0.2) is 15.9 Å². The number of nitrogens with one attached hydrogen (secondary N) is 1. The molecule has 4 rings (SSSR count). The first kappa shape index (κ1) is 17.6. The summed E-state index contributed by atoms with van der Waals surface area (Å²) in [6.07, 6.45) is 3.44. The van der Waals surface area contributed by atoms with Gasteiger partial charge in [0, 0.05) is 17.8 Å².